The molecule has 2 heterocycles. The van der Waals surface area contributed by atoms with Crippen LogP contribution in [-0.2, 0) is 0 Å². The van der Waals surface area contributed by atoms with E-state index in [1.165, 1.54) is 58.3 Å². The topological polar surface area (TPSA) is 15.3 Å². The molecule has 2 saturated heterocycles. The van der Waals surface area contributed by atoms with Crippen LogP contribution in [0.2, 0.25) is 0 Å². The lowest BCUT2D eigenvalue weighted by Crippen LogP contribution is -2.54. The Morgan fingerprint density at radius 1 is 1.11 bits per heavy atom. The zero-order valence-corrected chi connectivity index (χ0v) is 12.9. The Balaban J connectivity index is 1.84. The summed E-state index contributed by atoms with van der Waals surface area (Å²) in [5.74, 6) is 0. The van der Waals surface area contributed by atoms with Crippen molar-refractivity contribution in [1.29, 1.82) is 0 Å². The first kappa shape index (κ1) is 14.3. The number of hydrogen-bond donors (Lipinski definition) is 1. The third-order valence-corrected chi connectivity index (χ3v) is 5.69. The second-order valence-electron chi connectivity index (χ2n) is 7.56. The smallest absolute Gasteiger partial charge is 0.0246 e. The highest BCUT2D eigenvalue weighted by atomic mass is 15.2. The molecule has 2 fully saturated rings. The zero-order chi connectivity index (χ0) is 13.2. The molecule has 0 amide bonds. The fraction of sp³-hybridized carbons (Fsp3) is 1.00. The van der Waals surface area contributed by atoms with Gasteiger partial charge in [-0.25, -0.2) is 0 Å². The molecule has 0 aromatic carbocycles. The number of nitrogens with one attached hydrogen (secondary N) is 1. The van der Waals surface area contributed by atoms with Crippen molar-refractivity contribution < 1.29 is 0 Å². The summed E-state index contributed by atoms with van der Waals surface area (Å²) in [5, 5.41) is 3.75. The standard InChI is InChI=1S/C16H32N2/c1-5-16(4)8-11-18(12-9-16)13-14-15(2,3)7-6-10-17-14/h14,17H,5-13H2,1-4H3. The van der Waals surface area contributed by atoms with Gasteiger partial charge in [0.2, 0.25) is 0 Å². The van der Waals surface area contributed by atoms with Gasteiger partial charge in [0.05, 0.1) is 0 Å². The molecule has 2 nitrogen and oxygen atoms in total. The first-order chi connectivity index (χ1) is 8.45. The highest BCUT2D eigenvalue weighted by molar-refractivity contribution is 4.92. The van der Waals surface area contributed by atoms with Crippen LogP contribution in [0, 0.1) is 10.8 Å². The normalized spacial score (nSPS) is 32.3. The van der Waals surface area contributed by atoms with Crippen molar-refractivity contribution in [3.8, 4) is 0 Å². The molecule has 1 N–H and O–H groups in total. The largest absolute Gasteiger partial charge is 0.312 e. The summed E-state index contributed by atoms with van der Waals surface area (Å²) < 4.78 is 0. The van der Waals surface area contributed by atoms with Gasteiger partial charge in [-0.05, 0) is 56.1 Å². The average Bonchev–Trinajstić information content (AvgIpc) is 2.35. The van der Waals surface area contributed by atoms with E-state index in [1.807, 2.05) is 0 Å². The lowest BCUT2D eigenvalue weighted by Gasteiger charge is -2.45. The third kappa shape index (κ3) is 3.27. The van der Waals surface area contributed by atoms with E-state index in [4.69, 9.17) is 0 Å². The minimum atomic E-state index is 0.476. The maximum absolute atomic E-state index is 3.75. The molecule has 0 radical (unpaired) electrons. The van der Waals surface area contributed by atoms with Crippen LogP contribution in [0.1, 0.15) is 59.8 Å². The summed E-state index contributed by atoms with van der Waals surface area (Å²) in [4.78, 5) is 2.70. The Labute approximate surface area is 114 Å². The van der Waals surface area contributed by atoms with Gasteiger partial charge in [0.15, 0.2) is 0 Å². The Morgan fingerprint density at radius 3 is 2.33 bits per heavy atom. The van der Waals surface area contributed by atoms with Crippen molar-refractivity contribution in [2.75, 3.05) is 26.2 Å². The Hall–Kier alpha value is -0.0800. The summed E-state index contributed by atoms with van der Waals surface area (Å²) in [6, 6.07) is 0.692. The second kappa shape index (κ2) is 5.50. The maximum atomic E-state index is 3.75. The number of rotatable bonds is 3. The fourth-order valence-corrected chi connectivity index (χ4v) is 3.47. The molecular weight excluding hydrogens is 220 g/mol. The minimum absolute atomic E-state index is 0.476. The highest BCUT2D eigenvalue weighted by Gasteiger charge is 2.35. The molecule has 2 aliphatic heterocycles. The lowest BCUT2D eigenvalue weighted by atomic mass is 9.75. The van der Waals surface area contributed by atoms with Gasteiger partial charge in [-0.1, -0.05) is 34.1 Å². The van der Waals surface area contributed by atoms with Crippen molar-refractivity contribution in [1.82, 2.24) is 10.2 Å². The molecule has 0 bridgehead atoms. The average molecular weight is 252 g/mol. The van der Waals surface area contributed by atoms with Crippen LogP contribution in [0.15, 0.2) is 0 Å². The third-order valence-electron chi connectivity index (χ3n) is 5.69. The van der Waals surface area contributed by atoms with E-state index in [0.717, 1.165) is 0 Å². The Bertz CT molecular complexity index is 264. The molecule has 106 valence electrons. The van der Waals surface area contributed by atoms with E-state index >= 15 is 0 Å². The van der Waals surface area contributed by atoms with Gasteiger partial charge >= 0.3 is 0 Å². The number of likely N-dealkylation sites (tertiary alicyclic amines) is 1. The maximum Gasteiger partial charge on any atom is 0.0246 e. The Kier molecular flexibility index (Phi) is 4.38. The van der Waals surface area contributed by atoms with Crippen LogP contribution < -0.4 is 5.32 Å². The number of nitrogens with zero attached hydrogens (tertiary/aromatic N) is 1. The van der Waals surface area contributed by atoms with Crippen molar-refractivity contribution in [3.05, 3.63) is 0 Å². The summed E-state index contributed by atoms with van der Waals surface area (Å²) in [6.07, 6.45) is 6.84. The molecule has 2 heteroatoms. The van der Waals surface area contributed by atoms with E-state index < -0.39 is 0 Å². The van der Waals surface area contributed by atoms with E-state index in [1.54, 1.807) is 0 Å². The summed E-state index contributed by atoms with van der Waals surface area (Å²) >= 11 is 0. The molecule has 2 rings (SSSR count). The molecule has 0 aromatic rings. The summed E-state index contributed by atoms with van der Waals surface area (Å²) in [6.45, 7) is 14.8. The first-order valence-corrected chi connectivity index (χ1v) is 7.91. The second-order valence-corrected chi connectivity index (χ2v) is 7.56. The molecule has 1 atom stereocenters. The zero-order valence-electron chi connectivity index (χ0n) is 12.9. The molecule has 0 spiro atoms. The van der Waals surface area contributed by atoms with Crippen LogP contribution in [-0.4, -0.2) is 37.1 Å². The molecule has 0 aliphatic carbocycles. The quantitative estimate of drug-likeness (QED) is 0.829. The molecule has 2 aliphatic rings. The van der Waals surface area contributed by atoms with Crippen LogP contribution in [0.4, 0.5) is 0 Å². The summed E-state index contributed by atoms with van der Waals surface area (Å²) in [5.41, 5.74) is 1.09. The molecular formula is C16H32N2. The van der Waals surface area contributed by atoms with Crippen molar-refractivity contribution in [3.63, 3.8) is 0 Å². The predicted octanol–water partition coefficient (Wildman–Crippen LogP) is 3.28. The fourth-order valence-electron chi connectivity index (χ4n) is 3.47. The van der Waals surface area contributed by atoms with Crippen LogP contribution in [0.3, 0.4) is 0 Å². The van der Waals surface area contributed by atoms with E-state index in [0.29, 0.717) is 16.9 Å². The van der Waals surface area contributed by atoms with Gasteiger partial charge in [0.25, 0.3) is 0 Å². The highest BCUT2D eigenvalue weighted by Crippen LogP contribution is 2.35. The van der Waals surface area contributed by atoms with Crippen LogP contribution >= 0.6 is 0 Å². The van der Waals surface area contributed by atoms with Gasteiger partial charge in [-0.15, -0.1) is 0 Å². The van der Waals surface area contributed by atoms with Crippen molar-refractivity contribution in [2.45, 2.75) is 65.8 Å². The van der Waals surface area contributed by atoms with Gasteiger partial charge < -0.3 is 10.2 Å². The van der Waals surface area contributed by atoms with Gasteiger partial charge in [-0.2, -0.15) is 0 Å². The van der Waals surface area contributed by atoms with Gasteiger partial charge in [0.1, 0.15) is 0 Å². The minimum Gasteiger partial charge on any atom is -0.312 e. The van der Waals surface area contributed by atoms with Crippen LogP contribution in [0.25, 0.3) is 0 Å². The Morgan fingerprint density at radius 2 is 1.78 bits per heavy atom. The van der Waals surface area contributed by atoms with E-state index in [-0.39, 0.29) is 0 Å². The molecule has 0 aromatic heterocycles. The first-order valence-electron chi connectivity index (χ1n) is 7.91. The molecule has 0 saturated carbocycles. The predicted molar refractivity (Wildman–Crippen MR) is 78.9 cm³/mol. The van der Waals surface area contributed by atoms with E-state index in [2.05, 4.69) is 37.9 Å². The lowest BCUT2D eigenvalue weighted by molar-refractivity contribution is 0.0737. The van der Waals surface area contributed by atoms with Crippen molar-refractivity contribution in [2.24, 2.45) is 10.8 Å². The number of piperidine rings is 2. The molecule has 18 heavy (non-hydrogen) atoms. The van der Waals surface area contributed by atoms with Gasteiger partial charge in [-0.3, -0.25) is 0 Å². The van der Waals surface area contributed by atoms with Crippen LogP contribution in [0.5, 0.6) is 0 Å². The van der Waals surface area contributed by atoms with Gasteiger partial charge in [0, 0.05) is 12.6 Å². The number of hydrogen-bond acceptors (Lipinski definition) is 2. The van der Waals surface area contributed by atoms with Crippen molar-refractivity contribution >= 4 is 0 Å². The summed E-state index contributed by atoms with van der Waals surface area (Å²) in [7, 11) is 0. The molecule has 1 unspecified atom stereocenters. The monoisotopic (exact) mass is 252 g/mol. The van der Waals surface area contributed by atoms with E-state index in [9.17, 15) is 0 Å². The SMILES string of the molecule is CCC1(C)CCN(CC2NCCCC2(C)C)CC1.